The van der Waals surface area contributed by atoms with Crippen LogP contribution in [0.25, 0.3) is 0 Å². The van der Waals surface area contributed by atoms with Gasteiger partial charge >= 0.3 is 12.0 Å². The van der Waals surface area contributed by atoms with Crippen LogP contribution in [0.2, 0.25) is 0 Å². The van der Waals surface area contributed by atoms with Crippen molar-refractivity contribution >= 4 is 12.0 Å². The molecule has 0 aromatic carbocycles. The Morgan fingerprint density at radius 3 is 2.33 bits per heavy atom. The number of aliphatic hydroxyl groups is 1. The fraction of sp³-hybridized carbons (Fsp3) is 0.833. The van der Waals surface area contributed by atoms with Crippen molar-refractivity contribution in [3.63, 3.8) is 0 Å². The molecule has 0 aromatic rings. The number of hydrogen-bond acceptors (Lipinski definition) is 3. The van der Waals surface area contributed by atoms with Crippen LogP contribution in [0.5, 0.6) is 0 Å². The minimum atomic E-state index is -1.22. The van der Waals surface area contributed by atoms with Gasteiger partial charge in [-0.05, 0) is 42.9 Å². The Morgan fingerprint density at radius 1 is 1.22 bits per heavy atom. The Hall–Kier alpha value is -1.30. The third-order valence-electron chi connectivity index (χ3n) is 4.82. The van der Waals surface area contributed by atoms with Crippen molar-refractivity contribution < 1.29 is 19.8 Å². The van der Waals surface area contributed by atoms with E-state index in [1.54, 1.807) is 0 Å². The van der Waals surface area contributed by atoms with Crippen molar-refractivity contribution in [2.45, 2.75) is 31.3 Å². The molecule has 18 heavy (non-hydrogen) atoms. The molecule has 0 radical (unpaired) electrons. The Bertz CT molecular complexity index is 370. The molecule has 5 atom stereocenters. The number of hydrogen-bond donors (Lipinski definition) is 4. The van der Waals surface area contributed by atoms with Gasteiger partial charge in [0.15, 0.2) is 6.04 Å². The van der Waals surface area contributed by atoms with Gasteiger partial charge in [0.1, 0.15) is 0 Å². The molecule has 3 aliphatic carbocycles. The first-order valence-electron chi connectivity index (χ1n) is 6.52. The highest BCUT2D eigenvalue weighted by atomic mass is 16.4. The first-order chi connectivity index (χ1) is 8.61. The standard InChI is InChI=1S/C12H18N2O4/c15-4-7(11(16)17)13-12(18)14-10-8-5-1-2-6(3-5)9(8)10/h5-10,15H,1-4H2,(H,16,17)(H2,13,14,18). The zero-order valence-electron chi connectivity index (χ0n) is 10.0. The number of urea groups is 1. The van der Waals surface area contributed by atoms with Gasteiger partial charge in [-0.3, -0.25) is 0 Å². The maximum absolute atomic E-state index is 11.6. The molecule has 3 rings (SSSR count). The lowest BCUT2D eigenvalue weighted by molar-refractivity contribution is -0.140. The van der Waals surface area contributed by atoms with E-state index in [1.807, 2.05) is 0 Å². The van der Waals surface area contributed by atoms with Crippen LogP contribution in [0.15, 0.2) is 0 Å². The largest absolute Gasteiger partial charge is 0.480 e. The predicted molar refractivity (Wildman–Crippen MR) is 61.8 cm³/mol. The lowest BCUT2D eigenvalue weighted by atomic mass is 10.0. The van der Waals surface area contributed by atoms with Crippen molar-refractivity contribution in [3.05, 3.63) is 0 Å². The molecule has 3 fully saturated rings. The first-order valence-corrected chi connectivity index (χ1v) is 6.52. The molecule has 2 amide bonds. The molecule has 0 aliphatic heterocycles. The summed E-state index contributed by atoms with van der Waals surface area (Å²) in [5.74, 6) is 1.54. The zero-order chi connectivity index (χ0) is 12.9. The predicted octanol–water partition coefficient (Wildman–Crippen LogP) is -0.224. The first kappa shape index (κ1) is 11.8. The summed E-state index contributed by atoms with van der Waals surface area (Å²) < 4.78 is 0. The number of aliphatic carboxylic acids is 1. The Labute approximate surface area is 105 Å². The summed E-state index contributed by atoms with van der Waals surface area (Å²) in [6.45, 7) is -0.592. The van der Waals surface area contributed by atoms with Crippen LogP contribution in [0, 0.1) is 23.7 Å². The number of aliphatic hydroxyl groups excluding tert-OH is 1. The summed E-state index contributed by atoms with van der Waals surface area (Å²) in [7, 11) is 0. The Balaban J connectivity index is 1.50. The molecule has 3 aliphatic rings. The second-order valence-electron chi connectivity index (χ2n) is 5.70. The van der Waals surface area contributed by atoms with Crippen LogP contribution in [-0.4, -0.2) is 40.9 Å². The lowest BCUT2D eigenvalue weighted by Gasteiger charge is -2.14. The van der Waals surface area contributed by atoms with Gasteiger partial charge in [0.05, 0.1) is 6.61 Å². The summed E-state index contributed by atoms with van der Waals surface area (Å²) in [5, 5.41) is 22.7. The smallest absolute Gasteiger partial charge is 0.328 e. The number of rotatable bonds is 4. The summed E-state index contributed by atoms with van der Waals surface area (Å²) in [6.07, 6.45) is 3.86. The highest BCUT2D eigenvalue weighted by molar-refractivity contribution is 5.83. The average molecular weight is 254 g/mol. The van der Waals surface area contributed by atoms with Crippen molar-refractivity contribution in [1.82, 2.24) is 10.6 Å². The summed E-state index contributed by atoms with van der Waals surface area (Å²) >= 11 is 0. The lowest BCUT2D eigenvalue weighted by Crippen LogP contribution is -2.49. The van der Waals surface area contributed by atoms with Gasteiger partial charge in [-0.2, -0.15) is 0 Å². The topological polar surface area (TPSA) is 98.7 Å². The van der Waals surface area contributed by atoms with Crippen LogP contribution in [0.1, 0.15) is 19.3 Å². The second kappa shape index (κ2) is 4.12. The van der Waals surface area contributed by atoms with Crippen LogP contribution in [0.4, 0.5) is 4.79 Å². The molecular formula is C12H18N2O4. The highest BCUT2D eigenvalue weighted by Gasteiger charge is 2.65. The summed E-state index contributed by atoms with van der Waals surface area (Å²) in [4.78, 5) is 22.3. The minimum absolute atomic E-state index is 0.226. The van der Waals surface area contributed by atoms with Gasteiger partial charge in [0, 0.05) is 6.04 Å². The van der Waals surface area contributed by atoms with E-state index in [0.29, 0.717) is 11.8 Å². The maximum Gasteiger partial charge on any atom is 0.328 e. The van der Waals surface area contributed by atoms with E-state index >= 15 is 0 Å². The molecule has 2 bridgehead atoms. The van der Waals surface area contributed by atoms with E-state index in [2.05, 4.69) is 10.6 Å². The molecule has 5 unspecified atom stereocenters. The number of carboxylic acids is 1. The Morgan fingerprint density at radius 2 is 1.83 bits per heavy atom. The summed E-state index contributed by atoms with van der Waals surface area (Å²) in [6, 6.07) is -1.47. The van der Waals surface area contributed by atoms with Crippen molar-refractivity contribution in [3.8, 4) is 0 Å². The van der Waals surface area contributed by atoms with Crippen molar-refractivity contribution in [2.75, 3.05) is 6.61 Å². The van der Waals surface area contributed by atoms with Crippen LogP contribution in [-0.2, 0) is 4.79 Å². The van der Waals surface area contributed by atoms with Gasteiger partial charge in [-0.25, -0.2) is 9.59 Å². The molecule has 6 nitrogen and oxygen atoms in total. The van der Waals surface area contributed by atoms with E-state index in [9.17, 15) is 9.59 Å². The third kappa shape index (κ3) is 1.75. The van der Waals surface area contributed by atoms with Crippen molar-refractivity contribution in [2.24, 2.45) is 23.7 Å². The van der Waals surface area contributed by atoms with Crippen LogP contribution >= 0.6 is 0 Å². The van der Waals surface area contributed by atoms with E-state index in [-0.39, 0.29) is 6.04 Å². The number of carbonyl (C=O) groups excluding carboxylic acids is 1. The van der Waals surface area contributed by atoms with Gasteiger partial charge in [-0.1, -0.05) is 0 Å². The van der Waals surface area contributed by atoms with E-state index < -0.39 is 24.6 Å². The third-order valence-corrected chi connectivity index (χ3v) is 4.82. The molecule has 0 aromatic heterocycles. The quantitative estimate of drug-likeness (QED) is 0.557. The molecule has 4 N–H and O–H groups in total. The van der Waals surface area contributed by atoms with E-state index in [4.69, 9.17) is 10.2 Å². The maximum atomic E-state index is 11.6. The molecule has 6 heteroatoms. The molecule has 0 saturated heterocycles. The normalized spacial score (nSPS) is 41.1. The fourth-order valence-corrected chi connectivity index (χ4v) is 4.06. The fourth-order valence-electron chi connectivity index (χ4n) is 4.06. The monoisotopic (exact) mass is 254 g/mol. The number of fused-ring (bicyclic) bond motifs is 5. The average Bonchev–Trinajstić information content (AvgIpc) is 2.74. The van der Waals surface area contributed by atoms with Crippen LogP contribution in [0.3, 0.4) is 0 Å². The number of nitrogens with one attached hydrogen (secondary N) is 2. The van der Waals surface area contributed by atoms with Gasteiger partial charge in [0.2, 0.25) is 0 Å². The van der Waals surface area contributed by atoms with Crippen LogP contribution < -0.4 is 10.6 Å². The molecular weight excluding hydrogens is 236 g/mol. The summed E-state index contributed by atoms with van der Waals surface area (Å²) in [5.41, 5.74) is 0. The van der Waals surface area contributed by atoms with Gasteiger partial charge in [-0.15, -0.1) is 0 Å². The Kier molecular flexibility index (Phi) is 2.69. The molecule has 0 heterocycles. The molecule has 3 saturated carbocycles. The molecule has 100 valence electrons. The second-order valence-corrected chi connectivity index (χ2v) is 5.70. The number of amides is 2. The highest BCUT2D eigenvalue weighted by Crippen LogP contribution is 2.65. The zero-order valence-corrected chi connectivity index (χ0v) is 10.0. The van der Waals surface area contributed by atoms with Gasteiger partial charge in [0.25, 0.3) is 0 Å². The number of carbonyl (C=O) groups is 2. The van der Waals surface area contributed by atoms with E-state index in [0.717, 1.165) is 11.8 Å². The SMILES string of the molecule is O=C(NC(CO)C(=O)O)NC1C2C3CCC(C3)C12. The van der Waals surface area contributed by atoms with Gasteiger partial charge < -0.3 is 20.8 Å². The van der Waals surface area contributed by atoms with Crippen molar-refractivity contribution in [1.29, 1.82) is 0 Å². The minimum Gasteiger partial charge on any atom is -0.480 e. The number of carboxylic acid groups (broad SMARTS) is 1. The van der Waals surface area contributed by atoms with E-state index in [1.165, 1.54) is 19.3 Å². The molecule has 0 spiro atoms.